The molecule has 0 aromatic heterocycles. The van der Waals surface area contributed by atoms with Gasteiger partial charge in [0.2, 0.25) is 0 Å². The van der Waals surface area contributed by atoms with E-state index in [-0.39, 0.29) is 5.92 Å². The van der Waals surface area contributed by atoms with Crippen LogP contribution in [0, 0.1) is 5.92 Å². The molecule has 6 N–H and O–H groups in total. The summed E-state index contributed by atoms with van der Waals surface area (Å²) in [5, 5.41) is 14.7. The molecule has 0 fully saturated rings. The van der Waals surface area contributed by atoms with Gasteiger partial charge < -0.3 is 16.0 Å². The first kappa shape index (κ1) is 17.7. The summed E-state index contributed by atoms with van der Waals surface area (Å²) in [5.41, 5.74) is 5.16. The number of hydrogen-bond acceptors (Lipinski definition) is 5. The third kappa shape index (κ3) is 12.4. The normalized spacial score (nSPS) is 10.1. The standard InChI is InChI=1S/C5H11NO2.H3NO.O.V/c1-3(2)4(6)5(7)8;1-2;;/h3-4H,6H2,1-2H3,(H,7,8);2H,1H2;;/t4-;;;/m0.../s1. The molecule has 0 rings (SSSR count). The van der Waals surface area contributed by atoms with E-state index in [4.69, 9.17) is 19.7 Å². The summed E-state index contributed by atoms with van der Waals surface area (Å²) in [6.07, 6.45) is 0. The number of rotatable bonds is 2. The Morgan fingerprint density at radius 1 is 1.33 bits per heavy atom. The predicted octanol–water partition coefficient (Wildman–Crippen LogP) is -0.733. The summed E-state index contributed by atoms with van der Waals surface area (Å²) in [6.45, 7) is 3.55. The quantitative estimate of drug-likeness (QED) is 0.451. The van der Waals surface area contributed by atoms with Crippen LogP contribution in [0.1, 0.15) is 13.8 Å². The Bertz CT molecular complexity index is 112. The first-order valence-electron chi connectivity index (χ1n) is 2.98. The van der Waals surface area contributed by atoms with E-state index < -0.39 is 12.0 Å². The first-order valence-corrected chi connectivity index (χ1v) is 3.55. The van der Waals surface area contributed by atoms with Crippen molar-refractivity contribution in [2.45, 2.75) is 19.9 Å². The van der Waals surface area contributed by atoms with Gasteiger partial charge in [-0.15, -0.1) is 0 Å². The molecule has 0 spiro atoms. The molecular weight excluding hydrogens is 203 g/mol. The number of carboxylic acids is 1. The van der Waals surface area contributed by atoms with Crippen molar-refractivity contribution < 1.29 is 36.2 Å². The second kappa shape index (κ2) is 13.3. The fourth-order valence-electron chi connectivity index (χ4n) is 0.285. The molecule has 0 bridgehead atoms. The molecule has 0 aromatic carbocycles. The van der Waals surface area contributed by atoms with Gasteiger partial charge in [-0.3, -0.25) is 4.79 Å². The van der Waals surface area contributed by atoms with Crippen molar-refractivity contribution in [3.8, 4) is 0 Å². The second-order valence-corrected chi connectivity index (χ2v) is 2.11. The van der Waals surface area contributed by atoms with Crippen molar-refractivity contribution in [3.05, 3.63) is 0 Å². The van der Waals surface area contributed by atoms with Crippen LogP contribution < -0.4 is 11.6 Å². The van der Waals surface area contributed by atoms with E-state index >= 15 is 0 Å². The van der Waals surface area contributed by atoms with Gasteiger partial charge in [0, 0.05) is 0 Å². The average molecular weight is 217 g/mol. The van der Waals surface area contributed by atoms with E-state index in [1.54, 1.807) is 13.8 Å². The monoisotopic (exact) mass is 217 g/mol. The van der Waals surface area contributed by atoms with Crippen molar-refractivity contribution in [2.75, 3.05) is 0 Å². The SMILES string of the molecule is CC(C)[C@H](N)C(=O)O.NO.[O]=[V]. The number of hydrogen-bond donors (Lipinski definition) is 4. The summed E-state index contributed by atoms with van der Waals surface area (Å²) >= 11 is 1.06. The Kier molecular flexibility index (Phi) is 19.7. The van der Waals surface area contributed by atoms with Crippen LogP contribution in [-0.4, -0.2) is 22.3 Å². The second-order valence-electron chi connectivity index (χ2n) is 2.11. The maximum atomic E-state index is 10.0. The number of aliphatic carboxylic acids is 1. The van der Waals surface area contributed by atoms with Crippen LogP contribution in [0.15, 0.2) is 0 Å². The zero-order valence-electron chi connectivity index (χ0n) is 6.97. The van der Waals surface area contributed by atoms with Gasteiger partial charge in [0.05, 0.1) is 0 Å². The Labute approximate surface area is 80.1 Å². The third-order valence-corrected chi connectivity index (χ3v) is 1.00. The van der Waals surface area contributed by atoms with Gasteiger partial charge in [-0.05, 0) is 5.92 Å². The Morgan fingerprint density at radius 2 is 1.58 bits per heavy atom. The van der Waals surface area contributed by atoms with Gasteiger partial charge in [-0.25, -0.2) is 5.90 Å². The van der Waals surface area contributed by atoms with E-state index in [1.807, 2.05) is 0 Å². The minimum atomic E-state index is -0.931. The zero-order valence-corrected chi connectivity index (χ0v) is 8.36. The molecule has 0 heterocycles. The van der Waals surface area contributed by atoms with Crippen LogP contribution in [0.5, 0.6) is 0 Å². The first-order chi connectivity index (χ1) is 5.55. The predicted molar refractivity (Wildman–Crippen MR) is 37.1 cm³/mol. The molecule has 12 heavy (non-hydrogen) atoms. The summed E-state index contributed by atoms with van der Waals surface area (Å²) in [7, 11) is 0. The van der Waals surface area contributed by atoms with Crippen LogP contribution >= 0.6 is 0 Å². The molecule has 0 radical (unpaired) electrons. The maximum absolute atomic E-state index is 10.0. The van der Waals surface area contributed by atoms with E-state index in [9.17, 15) is 4.79 Å². The fourth-order valence-corrected chi connectivity index (χ4v) is 0.285. The molecule has 0 aromatic rings. The Balaban J connectivity index is -0.000000175. The summed E-state index contributed by atoms with van der Waals surface area (Å²) in [5.74, 6) is 2.59. The van der Waals surface area contributed by atoms with Crippen molar-refractivity contribution in [1.29, 1.82) is 0 Å². The zero-order chi connectivity index (χ0) is 10.7. The van der Waals surface area contributed by atoms with E-state index in [1.165, 1.54) is 0 Å². The van der Waals surface area contributed by atoms with Gasteiger partial charge >= 0.3 is 27.0 Å². The van der Waals surface area contributed by atoms with Crippen molar-refractivity contribution in [1.82, 2.24) is 0 Å². The molecule has 0 saturated carbocycles. The van der Waals surface area contributed by atoms with Crippen molar-refractivity contribution in [2.24, 2.45) is 17.5 Å². The fraction of sp³-hybridized carbons (Fsp3) is 0.800. The van der Waals surface area contributed by atoms with Crippen molar-refractivity contribution in [3.63, 3.8) is 0 Å². The molecule has 0 unspecified atom stereocenters. The van der Waals surface area contributed by atoms with E-state index in [2.05, 4.69) is 5.90 Å². The molecular formula is C5H14N2O4V. The summed E-state index contributed by atoms with van der Waals surface area (Å²) in [6, 6.07) is -0.713. The van der Waals surface area contributed by atoms with Gasteiger partial charge in [-0.1, -0.05) is 13.8 Å². The third-order valence-electron chi connectivity index (χ3n) is 1.00. The molecule has 0 aliphatic rings. The number of nitrogens with two attached hydrogens (primary N) is 2. The Morgan fingerprint density at radius 3 is 1.58 bits per heavy atom. The minimum absolute atomic E-state index is 0.0208. The molecule has 7 heteroatoms. The molecule has 0 saturated heterocycles. The van der Waals surface area contributed by atoms with E-state index in [0.29, 0.717) is 0 Å². The van der Waals surface area contributed by atoms with E-state index in [0.717, 1.165) is 17.4 Å². The molecule has 1 atom stereocenters. The average Bonchev–Trinajstić information content (AvgIpc) is 2.10. The molecule has 0 amide bonds. The van der Waals surface area contributed by atoms with Gasteiger partial charge in [0.25, 0.3) is 0 Å². The van der Waals surface area contributed by atoms with Crippen LogP contribution in [0.25, 0.3) is 0 Å². The van der Waals surface area contributed by atoms with Crippen LogP contribution in [0.2, 0.25) is 0 Å². The number of carboxylic acid groups (broad SMARTS) is 1. The van der Waals surface area contributed by atoms with Crippen molar-refractivity contribution >= 4 is 5.97 Å². The molecule has 0 aliphatic carbocycles. The van der Waals surface area contributed by atoms with Crippen LogP contribution in [0.4, 0.5) is 0 Å². The summed E-state index contributed by atoms with van der Waals surface area (Å²) < 4.78 is 8.19. The van der Waals surface area contributed by atoms with Gasteiger partial charge in [0.15, 0.2) is 0 Å². The summed E-state index contributed by atoms with van der Waals surface area (Å²) in [4.78, 5) is 10.0. The van der Waals surface area contributed by atoms with Gasteiger partial charge in [0.1, 0.15) is 6.04 Å². The number of carbonyl (C=O) groups is 1. The molecule has 6 nitrogen and oxygen atoms in total. The van der Waals surface area contributed by atoms with Crippen LogP contribution in [0.3, 0.4) is 0 Å². The molecule has 0 aliphatic heterocycles. The van der Waals surface area contributed by atoms with Gasteiger partial charge in [-0.2, -0.15) is 0 Å². The van der Waals surface area contributed by atoms with Crippen LogP contribution in [-0.2, 0) is 25.8 Å². The molecule has 73 valence electrons. The topological polar surface area (TPSA) is 127 Å². The Hall–Kier alpha value is -0.266.